The van der Waals surface area contributed by atoms with E-state index in [1.165, 1.54) is 7.11 Å². The van der Waals surface area contributed by atoms with Gasteiger partial charge in [-0.05, 0) is 85.4 Å². The van der Waals surface area contributed by atoms with Gasteiger partial charge in [-0.2, -0.15) is 0 Å². The van der Waals surface area contributed by atoms with Crippen molar-refractivity contribution in [2.24, 2.45) is 0 Å². The van der Waals surface area contributed by atoms with Crippen molar-refractivity contribution in [1.29, 1.82) is 0 Å². The number of benzene rings is 2. The molecule has 2 aromatic carbocycles. The number of anilines is 2. The molecular formula is C27H26ClN5O3S2. The number of hydrogen-bond donors (Lipinski definition) is 2. The van der Waals surface area contributed by atoms with Gasteiger partial charge in [-0.25, -0.2) is 8.42 Å². The summed E-state index contributed by atoms with van der Waals surface area (Å²) in [5.41, 5.74) is 4.72. The highest BCUT2D eigenvalue weighted by Crippen LogP contribution is 2.44. The fourth-order valence-electron chi connectivity index (χ4n) is 4.71. The molecule has 196 valence electrons. The van der Waals surface area contributed by atoms with Crippen LogP contribution < -0.4 is 19.7 Å². The number of ether oxygens (including phenoxy) is 1. The van der Waals surface area contributed by atoms with E-state index < -0.39 is 10.0 Å². The van der Waals surface area contributed by atoms with E-state index in [2.05, 4.69) is 19.6 Å². The van der Waals surface area contributed by atoms with Crippen molar-refractivity contribution >= 4 is 50.3 Å². The Kier molecular flexibility index (Phi) is 7.04. The molecule has 3 heterocycles. The van der Waals surface area contributed by atoms with Gasteiger partial charge in [0.05, 0.1) is 30.8 Å². The zero-order valence-electron chi connectivity index (χ0n) is 20.9. The average molecular weight is 568 g/mol. The van der Waals surface area contributed by atoms with E-state index in [9.17, 15) is 8.42 Å². The third-order valence-electron chi connectivity index (χ3n) is 6.36. The van der Waals surface area contributed by atoms with E-state index in [1.807, 2.05) is 72.6 Å². The molecule has 2 atom stereocenters. The number of halogens is 1. The second-order valence-corrected chi connectivity index (χ2v) is 11.5. The fourth-order valence-corrected chi connectivity index (χ4v) is 5.73. The number of sulfonamides is 1. The Morgan fingerprint density at radius 1 is 1.08 bits per heavy atom. The van der Waals surface area contributed by atoms with E-state index in [0.29, 0.717) is 27.3 Å². The van der Waals surface area contributed by atoms with E-state index in [-0.39, 0.29) is 12.1 Å². The highest BCUT2D eigenvalue weighted by molar-refractivity contribution is 7.92. The predicted molar refractivity (Wildman–Crippen MR) is 155 cm³/mol. The number of methoxy groups -OCH3 is 1. The molecule has 2 unspecified atom stereocenters. The summed E-state index contributed by atoms with van der Waals surface area (Å²) in [6.07, 6.45) is 4.85. The molecule has 0 bridgehead atoms. The van der Waals surface area contributed by atoms with Crippen LogP contribution in [0.3, 0.4) is 0 Å². The van der Waals surface area contributed by atoms with Crippen LogP contribution in [-0.2, 0) is 10.0 Å². The van der Waals surface area contributed by atoms with Crippen LogP contribution in [0.5, 0.6) is 5.75 Å². The third kappa shape index (κ3) is 5.07. The standard InChI is InChI=1S/C27H26ClN5O3S2/c1-17-15-18(9-11-20(17)28)32-14-6-8-23(32)26-25(21-7-4-5-13-29-21)30-27(37)33(26)19-10-12-24(36-2)22(16-19)31-38(3,34)35/h4-16,25-26,31H,1-3H3,(H,30,37). The van der Waals surface area contributed by atoms with Gasteiger partial charge in [-0.3, -0.25) is 9.71 Å². The lowest BCUT2D eigenvalue weighted by atomic mass is 10.0. The van der Waals surface area contributed by atoms with E-state index in [4.69, 9.17) is 28.6 Å². The molecule has 1 aliphatic rings. The van der Waals surface area contributed by atoms with Gasteiger partial charge in [-0.1, -0.05) is 17.7 Å². The number of aromatic nitrogens is 2. The SMILES string of the molecule is COc1ccc(N2C(=S)NC(c3ccccn3)C2c2cccn2-c2ccc(Cl)c(C)c2)cc1NS(C)(=O)=O. The molecule has 11 heteroatoms. The maximum Gasteiger partial charge on any atom is 0.229 e. The van der Waals surface area contributed by atoms with Crippen molar-refractivity contribution < 1.29 is 13.2 Å². The first-order valence-electron chi connectivity index (χ1n) is 11.8. The van der Waals surface area contributed by atoms with Gasteiger partial charge in [0.1, 0.15) is 11.8 Å². The Balaban J connectivity index is 1.67. The minimum absolute atomic E-state index is 0.279. The number of rotatable bonds is 7. The Morgan fingerprint density at radius 3 is 2.55 bits per heavy atom. The van der Waals surface area contributed by atoms with Crippen LogP contribution in [0.25, 0.3) is 5.69 Å². The summed E-state index contributed by atoms with van der Waals surface area (Å²) in [4.78, 5) is 6.60. The van der Waals surface area contributed by atoms with Crippen LogP contribution >= 0.6 is 23.8 Å². The molecule has 1 saturated heterocycles. The van der Waals surface area contributed by atoms with Crippen molar-refractivity contribution in [3.63, 3.8) is 0 Å². The first-order valence-corrected chi connectivity index (χ1v) is 14.4. The van der Waals surface area contributed by atoms with Gasteiger partial charge in [0, 0.05) is 34.5 Å². The van der Waals surface area contributed by atoms with Crippen LogP contribution in [0, 0.1) is 6.92 Å². The minimum Gasteiger partial charge on any atom is -0.495 e. The minimum atomic E-state index is -3.55. The molecule has 5 rings (SSSR count). The van der Waals surface area contributed by atoms with Crippen molar-refractivity contribution in [1.82, 2.24) is 14.9 Å². The monoisotopic (exact) mass is 567 g/mol. The van der Waals surface area contributed by atoms with Crippen LogP contribution in [0.15, 0.2) is 79.1 Å². The number of nitrogens with one attached hydrogen (secondary N) is 2. The molecule has 0 saturated carbocycles. The molecule has 4 aromatic rings. The van der Waals surface area contributed by atoms with Crippen LogP contribution in [0.1, 0.15) is 29.0 Å². The molecule has 0 amide bonds. The smallest absolute Gasteiger partial charge is 0.229 e. The molecule has 0 spiro atoms. The van der Waals surface area contributed by atoms with Crippen molar-refractivity contribution in [2.75, 3.05) is 23.0 Å². The Bertz CT molecular complexity index is 1610. The zero-order chi connectivity index (χ0) is 27.0. The van der Waals surface area contributed by atoms with Crippen LogP contribution in [0.4, 0.5) is 11.4 Å². The van der Waals surface area contributed by atoms with Gasteiger partial charge in [-0.15, -0.1) is 0 Å². The number of nitrogens with zero attached hydrogens (tertiary/aromatic N) is 3. The molecule has 0 aliphatic carbocycles. The van der Waals surface area contributed by atoms with Crippen molar-refractivity contribution in [3.05, 3.63) is 101 Å². The number of thiocarbonyl (C=S) groups is 1. The largest absolute Gasteiger partial charge is 0.495 e. The summed E-state index contributed by atoms with van der Waals surface area (Å²) >= 11 is 12.2. The zero-order valence-corrected chi connectivity index (χ0v) is 23.3. The number of hydrogen-bond acceptors (Lipinski definition) is 5. The molecule has 8 nitrogen and oxygen atoms in total. The maximum atomic E-state index is 12.1. The molecular weight excluding hydrogens is 542 g/mol. The van der Waals surface area contributed by atoms with Crippen LogP contribution in [-0.4, -0.2) is 36.4 Å². The Hall–Kier alpha value is -3.60. The molecule has 1 fully saturated rings. The molecule has 2 aromatic heterocycles. The molecule has 0 radical (unpaired) electrons. The topological polar surface area (TPSA) is 88.5 Å². The van der Waals surface area contributed by atoms with Gasteiger partial charge >= 0.3 is 0 Å². The fraction of sp³-hybridized carbons (Fsp3) is 0.185. The summed E-state index contributed by atoms with van der Waals surface area (Å²) in [6, 6.07) is 20.4. The van der Waals surface area contributed by atoms with Crippen molar-refractivity contribution in [3.8, 4) is 11.4 Å². The quantitative estimate of drug-likeness (QED) is 0.289. The summed E-state index contributed by atoms with van der Waals surface area (Å²) in [6.45, 7) is 1.97. The summed E-state index contributed by atoms with van der Waals surface area (Å²) in [5.74, 6) is 0.398. The second kappa shape index (κ2) is 10.3. The third-order valence-corrected chi connectivity index (χ3v) is 7.69. The lowest BCUT2D eigenvalue weighted by Crippen LogP contribution is -2.30. The summed E-state index contributed by atoms with van der Waals surface area (Å²) in [5, 5.41) is 4.63. The van der Waals surface area contributed by atoms with E-state index in [1.54, 1.807) is 18.3 Å². The van der Waals surface area contributed by atoms with E-state index >= 15 is 0 Å². The lowest BCUT2D eigenvalue weighted by molar-refractivity contribution is 0.417. The normalized spacial score (nSPS) is 17.4. The first-order chi connectivity index (χ1) is 18.2. The highest BCUT2D eigenvalue weighted by Gasteiger charge is 2.42. The highest BCUT2D eigenvalue weighted by atomic mass is 35.5. The predicted octanol–water partition coefficient (Wildman–Crippen LogP) is 5.39. The van der Waals surface area contributed by atoms with Gasteiger partial charge < -0.3 is 19.5 Å². The maximum absolute atomic E-state index is 12.1. The molecule has 2 N–H and O–H groups in total. The van der Waals surface area contributed by atoms with Gasteiger partial charge in [0.2, 0.25) is 10.0 Å². The van der Waals surface area contributed by atoms with Gasteiger partial charge in [0.15, 0.2) is 5.11 Å². The van der Waals surface area contributed by atoms with E-state index in [0.717, 1.165) is 28.9 Å². The summed E-state index contributed by atoms with van der Waals surface area (Å²) < 4.78 is 34.2. The van der Waals surface area contributed by atoms with Crippen LogP contribution in [0.2, 0.25) is 5.02 Å². The lowest BCUT2D eigenvalue weighted by Gasteiger charge is -2.29. The summed E-state index contributed by atoms with van der Waals surface area (Å²) in [7, 11) is -2.05. The average Bonchev–Trinajstić information content (AvgIpc) is 3.49. The Labute approximate surface area is 232 Å². The molecule has 38 heavy (non-hydrogen) atoms. The number of aryl methyl sites for hydroxylation is 1. The number of pyridine rings is 1. The van der Waals surface area contributed by atoms with Crippen molar-refractivity contribution in [2.45, 2.75) is 19.0 Å². The second-order valence-electron chi connectivity index (χ2n) is 8.99. The first kappa shape index (κ1) is 26.0. The Morgan fingerprint density at radius 2 is 1.87 bits per heavy atom. The molecule has 1 aliphatic heterocycles. The van der Waals surface area contributed by atoms with Gasteiger partial charge in [0.25, 0.3) is 0 Å².